The van der Waals surface area contributed by atoms with Gasteiger partial charge in [0.25, 0.3) is 0 Å². The first-order chi connectivity index (χ1) is 7.80. The number of aliphatic hydroxyl groups is 1. The molecular formula is C10H13BrFNO3S. The highest BCUT2D eigenvalue weighted by molar-refractivity contribution is 9.10. The molecule has 1 aromatic rings. The first-order valence-corrected chi connectivity index (χ1v) is 7.08. The Kier molecular flexibility index (Phi) is 4.65. The minimum atomic E-state index is -3.94. The van der Waals surface area contributed by atoms with Gasteiger partial charge in [0.15, 0.2) is 0 Å². The fraction of sp³-hybridized carbons (Fsp3) is 0.400. The van der Waals surface area contributed by atoms with Gasteiger partial charge in [-0.05, 0) is 25.1 Å². The summed E-state index contributed by atoms with van der Waals surface area (Å²) in [7, 11) is -2.63. The molecule has 0 saturated heterocycles. The van der Waals surface area contributed by atoms with Gasteiger partial charge >= 0.3 is 0 Å². The van der Waals surface area contributed by atoms with Crippen LogP contribution in [0.4, 0.5) is 4.39 Å². The number of rotatable bonds is 4. The van der Waals surface area contributed by atoms with Crippen molar-refractivity contribution >= 4 is 26.0 Å². The fourth-order valence-electron chi connectivity index (χ4n) is 1.18. The van der Waals surface area contributed by atoms with Crippen molar-refractivity contribution in [1.29, 1.82) is 0 Å². The topological polar surface area (TPSA) is 57.6 Å². The predicted octanol–water partition coefficient (Wildman–Crippen LogP) is 1.59. The lowest BCUT2D eigenvalue weighted by molar-refractivity contribution is 0.213. The van der Waals surface area contributed by atoms with Crippen molar-refractivity contribution in [3.05, 3.63) is 28.5 Å². The van der Waals surface area contributed by atoms with Crippen molar-refractivity contribution < 1.29 is 17.9 Å². The molecule has 0 aromatic heterocycles. The Hall–Kier alpha value is -0.500. The molecule has 1 rings (SSSR count). The molecule has 0 spiro atoms. The van der Waals surface area contributed by atoms with Crippen LogP contribution in [0.5, 0.6) is 0 Å². The number of nitrogens with zero attached hydrogens (tertiary/aromatic N) is 1. The Labute approximate surface area is 108 Å². The summed E-state index contributed by atoms with van der Waals surface area (Å²) in [5, 5.41) is 8.93. The monoisotopic (exact) mass is 325 g/mol. The molecule has 0 heterocycles. The second-order valence-electron chi connectivity index (χ2n) is 3.63. The Morgan fingerprint density at radius 2 is 2.12 bits per heavy atom. The molecule has 17 heavy (non-hydrogen) atoms. The SMILES string of the molecule is CC(CO)N(C)S(=O)(=O)c1cc(Br)ccc1F. The molecule has 0 aliphatic heterocycles. The zero-order valence-electron chi connectivity index (χ0n) is 9.39. The molecule has 0 aliphatic carbocycles. The Morgan fingerprint density at radius 3 is 2.65 bits per heavy atom. The highest BCUT2D eigenvalue weighted by atomic mass is 79.9. The summed E-state index contributed by atoms with van der Waals surface area (Å²) in [5.74, 6) is -0.815. The minimum absolute atomic E-state index is 0.328. The molecule has 0 aliphatic rings. The molecule has 4 nitrogen and oxygen atoms in total. The molecule has 1 N–H and O–H groups in total. The first-order valence-electron chi connectivity index (χ1n) is 4.84. The van der Waals surface area contributed by atoms with Crippen LogP contribution in [0.15, 0.2) is 27.6 Å². The van der Waals surface area contributed by atoms with E-state index in [0.29, 0.717) is 4.47 Å². The number of halogens is 2. The van der Waals surface area contributed by atoms with E-state index >= 15 is 0 Å². The van der Waals surface area contributed by atoms with E-state index in [4.69, 9.17) is 5.11 Å². The number of aliphatic hydroxyl groups excluding tert-OH is 1. The highest BCUT2D eigenvalue weighted by Gasteiger charge is 2.27. The van der Waals surface area contributed by atoms with Gasteiger partial charge in [0.1, 0.15) is 10.7 Å². The van der Waals surface area contributed by atoms with E-state index in [9.17, 15) is 12.8 Å². The van der Waals surface area contributed by atoms with Crippen LogP contribution in [0.3, 0.4) is 0 Å². The molecule has 7 heteroatoms. The van der Waals surface area contributed by atoms with E-state index in [0.717, 1.165) is 10.4 Å². The lowest BCUT2D eigenvalue weighted by Crippen LogP contribution is -2.37. The maximum atomic E-state index is 13.5. The number of benzene rings is 1. The second-order valence-corrected chi connectivity index (χ2v) is 6.51. The Bertz CT molecular complexity index is 506. The van der Waals surface area contributed by atoms with Crippen molar-refractivity contribution in [3.8, 4) is 0 Å². The molecule has 1 aromatic carbocycles. The third kappa shape index (κ3) is 3.04. The van der Waals surface area contributed by atoms with Crippen LogP contribution >= 0.6 is 15.9 Å². The smallest absolute Gasteiger partial charge is 0.246 e. The van der Waals surface area contributed by atoms with Crippen LogP contribution in [-0.4, -0.2) is 37.5 Å². The normalized spacial score (nSPS) is 14.0. The van der Waals surface area contributed by atoms with E-state index < -0.39 is 26.8 Å². The quantitative estimate of drug-likeness (QED) is 0.914. The molecule has 0 radical (unpaired) electrons. The Morgan fingerprint density at radius 1 is 1.53 bits per heavy atom. The van der Waals surface area contributed by atoms with Gasteiger partial charge in [-0.25, -0.2) is 12.8 Å². The fourth-order valence-corrected chi connectivity index (χ4v) is 3.14. The summed E-state index contributed by atoms with van der Waals surface area (Å²) in [5.41, 5.74) is 0. The van der Waals surface area contributed by atoms with Gasteiger partial charge < -0.3 is 5.11 Å². The van der Waals surface area contributed by atoms with Gasteiger partial charge in [0.05, 0.1) is 6.61 Å². The van der Waals surface area contributed by atoms with Crippen molar-refractivity contribution in [2.45, 2.75) is 17.9 Å². The molecular weight excluding hydrogens is 313 g/mol. The molecule has 1 atom stereocenters. The van der Waals surface area contributed by atoms with E-state index in [1.807, 2.05) is 0 Å². The van der Waals surface area contributed by atoms with Crippen LogP contribution in [0.1, 0.15) is 6.92 Å². The molecule has 0 fully saturated rings. The van der Waals surface area contributed by atoms with E-state index in [-0.39, 0.29) is 6.61 Å². The van der Waals surface area contributed by atoms with Crippen molar-refractivity contribution in [2.24, 2.45) is 0 Å². The summed E-state index contributed by atoms with van der Waals surface area (Å²) in [6.07, 6.45) is 0. The van der Waals surface area contributed by atoms with Crippen molar-refractivity contribution in [2.75, 3.05) is 13.7 Å². The second kappa shape index (κ2) is 5.43. The van der Waals surface area contributed by atoms with Crippen LogP contribution in [0, 0.1) is 5.82 Å². The average Bonchev–Trinajstić information content (AvgIpc) is 2.30. The third-order valence-electron chi connectivity index (χ3n) is 2.44. The maximum absolute atomic E-state index is 13.5. The van der Waals surface area contributed by atoms with Crippen LogP contribution in [-0.2, 0) is 10.0 Å². The summed E-state index contributed by atoms with van der Waals surface area (Å²) in [6, 6.07) is 3.09. The first kappa shape index (κ1) is 14.6. The van der Waals surface area contributed by atoms with E-state index in [1.165, 1.54) is 26.1 Å². The van der Waals surface area contributed by atoms with E-state index in [1.54, 1.807) is 0 Å². The summed E-state index contributed by atoms with van der Waals surface area (Å²) >= 11 is 3.09. The summed E-state index contributed by atoms with van der Waals surface area (Å²) in [6.45, 7) is 1.21. The maximum Gasteiger partial charge on any atom is 0.246 e. The van der Waals surface area contributed by atoms with Crippen molar-refractivity contribution in [3.63, 3.8) is 0 Å². The van der Waals surface area contributed by atoms with Gasteiger partial charge in [-0.3, -0.25) is 0 Å². The lowest BCUT2D eigenvalue weighted by Gasteiger charge is -2.22. The third-order valence-corrected chi connectivity index (χ3v) is 4.92. The molecule has 0 bridgehead atoms. The highest BCUT2D eigenvalue weighted by Crippen LogP contribution is 2.23. The van der Waals surface area contributed by atoms with Gasteiger partial charge in [0.2, 0.25) is 10.0 Å². The molecule has 0 saturated carbocycles. The predicted molar refractivity (Wildman–Crippen MR) is 65.6 cm³/mol. The number of sulfonamides is 1. The summed E-state index contributed by atoms with van der Waals surface area (Å²) < 4.78 is 39.0. The molecule has 0 amide bonds. The average molecular weight is 326 g/mol. The molecule has 1 unspecified atom stereocenters. The van der Waals surface area contributed by atoms with Gasteiger partial charge in [-0.15, -0.1) is 0 Å². The molecule has 96 valence electrons. The number of hydrogen-bond donors (Lipinski definition) is 1. The van der Waals surface area contributed by atoms with Crippen LogP contribution in [0.2, 0.25) is 0 Å². The Balaban J connectivity index is 3.26. The zero-order valence-corrected chi connectivity index (χ0v) is 11.8. The number of hydrogen-bond acceptors (Lipinski definition) is 3. The largest absolute Gasteiger partial charge is 0.395 e. The number of likely N-dealkylation sites (N-methyl/N-ethyl adjacent to an activating group) is 1. The zero-order chi connectivity index (χ0) is 13.2. The summed E-state index contributed by atoms with van der Waals surface area (Å²) in [4.78, 5) is -0.408. The van der Waals surface area contributed by atoms with Gasteiger partial charge in [-0.1, -0.05) is 15.9 Å². The minimum Gasteiger partial charge on any atom is -0.395 e. The van der Waals surface area contributed by atoms with Crippen molar-refractivity contribution in [1.82, 2.24) is 4.31 Å². The van der Waals surface area contributed by atoms with Crippen LogP contribution < -0.4 is 0 Å². The van der Waals surface area contributed by atoms with Crippen LogP contribution in [0.25, 0.3) is 0 Å². The van der Waals surface area contributed by atoms with Gasteiger partial charge in [0, 0.05) is 17.6 Å². The van der Waals surface area contributed by atoms with Gasteiger partial charge in [-0.2, -0.15) is 4.31 Å². The van der Waals surface area contributed by atoms with E-state index in [2.05, 4.69) is 15.9 Å². The standard InChI is InChI=1S/C10H13BrFNO3S/c1-7(6-14)13(2)17(15,16)10-5-8(11)3-4-9(10)12/h3-5,7,14H,6H2,1-2H3. The lowest BCUT2D eigenvalue weighted by atomic mass is 10.3.